The van der Waals surface area contributed by atoms with Gasteiger partial charge in [-0.1, -0.05) is 56.3 Å². The highest BCUT2D eigenvalue weighted by molar-refractivity contribution is 5.99. The van der Waals surface area contributed by atoms with Crippen molar-refractivity contribution in [2.24, 2.45) is 0 Å². The number of hydrogen-bond donors (Lipinski definition) is 0. The van der Waals surface area contributed by atoms with Crippen LogP contribution in [0.3, 0.4) is 0 Å². The summed E-state index contributed by atoms with van der Waals surface area (Å²) in [6.45, 7) is 4.27. The second-order valence-corrected chi connectivity index (χ2v) is 6.45. The lowest BCUT2D eigenvalue weighted by Gasteiger charge is -2.13. The van der Waals surface area contributed by atoms with E-state index in [2.05, 4.69) is 77.6 Å². The van der Waals surface area contributed by atoms with Crippen LogP contribution in [-0.2, 0) is 0 Å². The minimum atomic E-state index is 0.328. The average molecular weight is 325 g/mol. The van der Waals surface area contributed by atoms with Crippen LogP contribution >= 0.6 is 0 Å². The first-order valence-electron chi connectivity index (χ1n) is 8.50. The van der Waals surface area contributed by atoms with Gasteiger partial charge in [0.2, 0.25) is 0 Å². The summed E-state index contributed by atoms with van der Waals surface area (Å²) in [6.07, 6.45) is 3.63. The van der Waals surface area contributed by atoms with Crippen molar-refractivity contribution >= 4 is 10.8 Å². The van der Waals surface area contributed by atoms with Crippen molar-refractivity contribution in [3.63, 3.8) is 0 Å². The Morgan fingerprint density at radius 2 is 1.52 bits per heavy atom. The number of hydrogen-bond acceptors (Lipinski definition) is 3. The molecule has 0 amide bonds. The molecule has 0 bridgehead atoms. The first kappa shape index (κ1) is 15.5. The third-order valence-electron chi connectivity index (χ3n) is 4.44. The van der Waals surface area contributed by atoms with Gasteiger partial charge in [-0.2, -0.15) is 5.10 Å². The Bertz CT molecular complexity index is 1020. The molecule has 0 aliphatic heterocycles. The Hall–Kier alpha value is -3.07. The number of fused-ring (bicyclic) bond motifs is 1. The minimum absolute atomic E-state index is 0.328. The molecule has 2 aromatic carbocycles. The maximum absolute atomic E-state index is 4.63. The van der Waals surface area contributed by atoms with Gasteiger partial charge in [0.15, 0.2) is 0 Å². The van der Waals surface area contributed by atoms with Crippen molar-refractivity contribution < 1.29 is 0 Å². The Morgan fingerprint density at radius 3 is 2.32 bits per heavy atom. The molecule has 0 radical (unpaired) electrons. The van der Waals surface area contributed by atoms with E-state index in [1.165, 1.54) is 10.8 Å². The molecule has 0 saturated carbocycles. The van der Waals surface area contributed by atoms with E-state index in [-0.39, 0.29) is 0 Å². The molecule has 0 atom stereocenters. The van der Waals surface area contributed by atoms with Gasteiger partial charge >= 0.3 is 0 Å². The maximum atomic E-state index is 4.63. The van der Waals surface area contributed by atoms with Crippen molar-refractivity contribution in [3.05, 3.63) is 78.8 Å². The van der Waals surface area contributed by atoms with E-state index in [4.69, 9.17) is 0 Å². The standard InChI is InChI=1S/C22H19N3/c1-15(2)21-14-20(17-10-12-23-13-11-17)22(25-24-21)19-9-5-7-16-6-3-4-8-18(16)19/h3-15H,1-2H3. The van der Waals surface area contributed by atoms with Crippen LogP contribution in [0.4, 0.5) is 0 Å². The van der Waals surface area contributed by atoms with Crippen LogP contribution in [0.1, 0.15) is 25.5 Å². The van der Waals surface area contributed by atoms with Crippen LogP contribution in [0.25, 0.3) is 33.2 Å². The number of nitrogens with zero attached hydrogens (tertiary/aromatic N) is 3. The molecule has 122 valence electrons. The Balaban J connectivity index is 2.01. The normalized spacial score (nSPS) is 11.2. The number of aromatic nitrogens is 3. The van der Waals surface area contributed by atoms with Gasteiger partial charge in [-0.3, -0.25) is 4.98 Å². The summed E-state index contributed by atoms with van der Waals surface area (Å²) < 4.78 is 0. The molecule has 0 spiro atoms. The zero-order valence-corrected chi connectivity index (χ0v) is 14.3. The fraction of sp³-hybridized carbons (Fsp3) is 0.136. The summed E-state index contributed by atoms with van der Waals surface area (Å²) in [6, 6.07) is 20.9. The Kier molecular flexibility index (Phi) is 3.98. The van der Waals surface area contributed by atoms with Crippen LogP contribution in [0.5, 0.6) is 0 Å². The van der Waals surface area contributed by atoms with Crippen molar-refractivity contribution in [2.45, 2.75) is 19.8 Å². The molecular formula is C22H19N3. The van der Waals surface area contributed by atoms with Crippen molar-refractivity contribution in [2.75, 3.05) is 0 Å². The lowest BCUT2D eigenvalue weighted by atomic mass is 9.95. The topological polar surface area (TPSA) is 38.7 Å². The van der Waals surface area contributed by atoms with Crippen LogP contribution in [0, 0.1) is 0 Å². The second kappa shape index (κ2) is 6.44. The predicted octanol–water partition coefficient (Wildman–Crippen LogP) is 5.48. The van der Waals surface area contributed by atoms with Gasteiger partial charge in [-0.25, -0.2) is 0 Å². The molecule has 3 nitrogen and oxygen atoms in total. The highest BCUT2D eigenvalue weighted by atomic mass is 15.1. The molecule has 0 aliphatic carbocycles. The molecule has 0 saturated heterocycles. The van der Waals surface area contributed by atoms with Crippen LogP contribution in [-0.4, -0.2) is 15.2 Å². The third kappa shape index (κ3) is 2.89. The number of pyridine rings is 1. The summed E-state index contributed by atoms with van der Waals surface area (Å²) in [5.41, 5.74) is 5.21. The molecule has 0 aliphatic rings. The maximum Gasteiger partial charge on any atom is 0.101 e. The van der Waals surface area contributed by atoms with E-state index >= 15 is 0 Å². The molecule has 3 heteroatoms. The quantitative estimate of drug-likeness (QED) is 0.500. The molecule has 0 N–H and O–H groups in total. The second-order valence-electron chi connectivity index (χ2n) is 6.45. The van der Waals surface area contributed by atoms with Crippen LogP contribution < -0.4 is 0 Å². The highest BCUT2D eigenvalue weighted by Crippen LogP contribution is 2.35. The van der Waals surface area contributed by atoms with Gasteiger partial charge in [-0.15, -0.1) is 5.10 Å². The van der Waals surface area contributed by atoms with Crippen LogP contribution in [0.15, 0.2) is 73.1 Å². The highest BCUT2D eigenvalue weighted by Gasteiger charge is 2.15. The van der Waals surface area contributed by atoms with Crippen molar-refractivity contribution in [1.29, 1.82) is 0 Å². The van der Waals surface area contributed by atoms with Gasteiger partial charge in [0, 0.05) is 23.5 Å². The van der Waals surface area contributed by atoms with E-state index in [9.17, 15) is 0 Å². The first-order chi connectivity index (χ1) is 12.2. The Labute approximate surface area is 147 Å². The van der Waals surface area contributed by atoms with Gasteiger partial charge < -0.3 is 0 Å². The smallest absolute Gasteiger partial charge is 0.101 e. The zero-order valence-electron chi connectivity index (χ0n) is 14.3. The van der Waals surface area contributed by atoms with E-state index in [0.29, 0.717) is 5.92 Å². The van der Waals surface area contributed by atoms with Gasteiger partial charge in [-0.05, 0) is 40.5 Å². The SMILES string of the molecule is CC(C)c1cc(-c2ccncc2)c(-c2cccc3ccccc23)nn1. The Morgan fingerprint density at radius 1 is 0.760 bits per heavy atom. The van der Waals surface area contributed by atoms with E-state index in [1.54, 1.807) is 0 Å². The molecule has 0 fully saturated rings. The number of benzene rings is 2. The average Bonchev–Trinajstić information content (AvgIpc) is 2.68. The largest absolute Gasteiger partial charge is 0.265 e. The summed E-state index contributed by atoms with van der Waals surface area (Å²) in [5, 5.41) is 11.5. The van der Waals surface area contributed by atoms with Gasteiger partial charge in [0.25, 0.3) is 0 Å². The van der Waals surface area contributed by atoms with E-state index in [0.717, 1.165) is 28.1 Å². The summed E-state index contributed by atoms with van der Waals surface area (Å²) in [5.74, 6) is 0.328. The lowest BCUT2D eigenvalue weighted by molar-refractivity contribution is 0.788. The summed E-state index contributed by atoms with van der Waals surface area (Å²) >= 11 is 0. The fourth-order valence-corrected chi connectivity index (χ4v) is 3.07. The zero-order chi connectivity index (χ0) is 17.2. The molecular weight excluding hydrogens is 306 g/mol. The molecule has 2 heterocycles. The molecule has 4 aromatic rings. The van der Waals surface area contributed by atoms with Crippen molar-refractivity contribution in [1.82, 2.24) is 15.2 Å². The van der Waals surface area contributed by atoms with Gasteiger partial charge in [0.05, 0.1) is 5.69 Å². The molecule has 25 heavy (non-hydrogen) atoms. The summed E-state index contributed by atoms with van der Waals surface area (Å²) in [4.78, 5) is 4.14. The third-order valence-corrected chi connectivity index (χ3v) is 4.44. The monoisotopic (exact) mass is 325 g/mol. The molecule has 2 aromatic heterocycles. The molecule has 0 unspecified atom stereocenters. The molecule has 4 rings (SSSR count). The van der Waals surface area contributed by atoms with Gasteiger partial charge in [0.1, 0.15) is 5.69 Å². The predicted molar refractivity (Wildman–Crippen MR) is 102 cm³/mol. The fourth-order valence-electron chi connectivity index (χ4n) is 3.07. The minimum Gasteiger partial charge on any atom is -0.265 e. The van der Waals surface area contributed by atoms with Crippen LogP contribution in [0.2, 0.25) is 0 Å². The van der Waals surface area contributed by atoms with Crippen molar-refractivity contribution in [3.8, 4) is 22.4 Å². The lowest BCUT2D eigenvalue weighted by Crippen LogP contribution is -2.00. The van der Waals surface area contributed by atoms with E-state index in [1.807, 2.05) is 24.5 Å². The summed E-state index contributed by atoms with van der Waals surface area (Å²) in [7, 11) is 0. The number of rotatable bonds is 3. The first-order valence-corrected chi connectivity index (χ1v) is 8.50. The van der Waals surface area contributed by atoms with E-state index < -0.39 is 0 Å².